The zero-order chi connectivity index (χ0) is 23.3. The Morgan fingerprint density at radius 2 is 2.00 bits per heavy atom. The maximum Gasteiger partial charge on any atom is 0.167 e. The van der Waals surface area contributed by atoms with Gasteiger partial charge in [0, 0.05) is 6.61 Å². The van der Waals surface area contributed by atoms with E-state index < -0.39 is 30.3 Å². The molecule has 6 rings (SSSR count). The molecular formula is C24H24FN5O4. The molecule has 1 aromatic carbocycles. The maximum absolute atomic E-state index is 14.1. The molecule has 0 amide bonds. The van der Waals surface area contributed by atoms with Crippen LogP contribution >= 0.6 is 0 Å². The van der Waals surface area contributed by atoms with Crippen LogP contribution in [0.2, 0.25) is 0 Å². The molecule has 1 N–H and O–H groups in total. The summed E-state index contributed by atoms with van der Waals surface area (Å²) in [5, 5.41) is 3.39. The molecule has 0 aliphatic carbocycles. The van der Waals surface area contributed by atoms with Crippen LogP contribution in [0.1, 0.15) is 32.1 Å². The molecule has 9 nitrogen and oxygen atoms in total. The molecule has 3 aliphatic heterocycles. The number of nitrogens with zero attached hydrogens (tertiary/aromatic N) is 4. The Morgan fingerprint density at radius 1 is 1.15 bits per heavy atom. The van der Waals surface area contributed by atoms with Crippen molar-refractivity contribution in [1.29, 1.82) is 0 Å². The Labute approximate surface area is 195 Å². The molecular weight excluding hydrogens is 441 g/mol. The Kier molecular flexibility index (Phi) is 5.22. The van der Waals surface area contributed by atoms with Crippen molar-refractivity contribution in [2.24, 2.45) is 0 Å². The molecule has 3 saturated heterocycles. The fraction of sp³-hybridized carbons (Fsp3) is 0.458. The minimum atomic E-state index is -0.810. The van der Waals surface area contributed by atoms with Gasteiger partial charge >= 0.3 is 0 Å². The van der Waals surface area contributed by atoms with Crippen molar-refractivity contribution < 1.29 is 23.3 Å². The lowest BCUT2D eigenvalue weighted by Gasteiger charge is -2.23. The second-order valence-electron chi connectivity index (χ2n) is 9.01. The van der Waals surface area contributed by atoms with Crippen LogP contribution in [0.5, 0.6) is 0 Å². The number of hydrogen-bond acceptors (Lipinski definition) is 8. The lowest BCUT2D eigenvalue weighted by Crippen LogP contribution is -2.28. The van der Waals surface area contributed by atoms with Crippen molar-refractivity contribution in [1.82, 2.24) is 19.5 Å². The highest BCUT2D eigenvalue weighted by atomic mass is 19.1. The lowest BCUT2D eigenvalue weighted by atomic mass is 10.1. The molecule has 3 fully saturated rings. The summed E-state index contributed by atoms with van der Waals surface area (Å²) in [5.41, 5.74) is 1.54. The quantitative estimate of drug-likeness (QED) is 0.591. The first-order chi connectivity index (χ1) is 16.5. The largest absolute Gasteiger partial charge is 0.379 e. The van der Waals surface area contributed by atoms with Crippen LogP contribution in [0.3, 0.4) is 0 Å². The normalized spacial score (nSPS) is 29.7. The summed E-state index contributed by atoms with van der Waals surface area (Å²) in [7, 11) is 0. The summed E-state index contributed by atoms with van der Waals surface area (Å²) in [6, 6.07) is 6.56. The number of nitrogens with one attached hydrogen (secondary N) is 1. The van der Waals surface area contributed by atoms with Gasteiger partial charge in [-0.25, -0.2) is 19.3 Å². The molecule has 0 radical (unpaired) electrons. The van der Waals surface area contributed by atoms with E-state index in [4.69, 9.17) is 18.9 Å². The van der Waals surface area contributed by atoms with Crippen LogP contribution in [0, 0.1) is 17.7 Å². The molecule has 5 unspecified atom stereocenters. The number of hydrogen-bond donors (Lipinski definition) is 1. The SMILES string of the molecule is CC1(C)OC2C(C#Cc3ccccc3F)OC(n3cnc4c(NC5CCOC5)ncnc43)C2O1. The van der Waals surface area contributed by atoms with Crippen molar-refractivity contribution in [2.75, 3.05) is 18.5 Å². The zero-order valence-corrected chi connectivity index (χ0v) is 18.8. The molecule has 2 aromatic heterocycles. The second-order valence-corrected chi connectivity index (χ2v) is 9.01. The molecule has 0 bridgehead atoms. The average Bonchev–Trinajstić information content (AvgIpc) is 3.58. The molecule has 5 heterocycles. The van der Waals surface area contributed by atoms with Crippen LogP contribution in [-0.4, -0.2) is 62.9 Å². The van der Waals surface area contributed by atoms with Gasteiger partial charge in [-0.05, 0) is 32.4 Å². The van der Waals surface area contributed by atoms with E-state index in [-0.39, 0.29) is 11.9 Å². The van der Waals surface area contributed by atoms with Gasteiger partial charge in [0.05, 0.1) is 24.5 Å². The van der Waals surface area contributed by atoms with Gasteiger partial charge in [0.2, 0.25) is 0 Å². The summed E-state index contributed by atoms with van der Waals surface area (Å²) in [4.78, 5) is 13.4. The first kappa shape index (κ1) is 21.4. The van der Waals surface area contributed by atoms with Gasteiger partial charge in [0.15, 0.2) is 29.0 Å². The third-order valence-corrected chi connectivity index (χ3v) is 6.16. The summed E-state index contributed by atoms with van der Waals surface area (Å²) in [6.07, 6.45) is 1.98. The van der Waals surface area contributed by atoms with Crippen LogP contribution in [0.4, 0.5) is 10.2 Å². The Hall–Kier alpha value is -3.10. The molecule has 0 spiro atoms. The Morgan fingerprint density at radius 3 is 2.82 bits per heavy atom. The van der Waals surface area contributed by atoms with Crippen molar-refractivity contribution in [3.8, 4) is 11.8 Å². The fourth-order valence-corrected chi connectivity index (χ4v) is 4.61. The minimum absolute atomic E-state index is 0.181. The molecule has 0 saturated carbocycles. The van der Waals surface area contributed by atoms with Gasteiger partial charge in [-0.3, -0.25) is 4.57 Å². The number of imidazole rings is 1. The van der Waals surface area contributed by atoms with Crippen molar-refractivity contribution in [3.05, 3.63) is 48.3 Å². The average molecular weight is 465 g/mol. The van der Waals surface area contributed by atoms with Crippen molar-refractivity contribution >= 4 is 17.0 Å². The summed E-state index contributed by atoms with van der Waals surface area (Å²) in [5.74, 6) is 5.38. The molecule has 10 heteroatoms. The number of ether oxygens (including phenoxy) is 4. The van der Waals surface area contributed by atoms with E-state index in [1.807, 2.05) is 18.4 Å². The number of benzene rings is 1. The monoisotopic (exact) mass is 465 g/mol. The lowest BCUT2D eigenvalue weighted by molar-refractivity contribution is -0.190. The number of fused-ring (bicyclic) bond motifs is 2. The third-order valence-electron chi connectivity index (χ3n) is 6.16. The van der Waals surface area contributed by atoms with E-state index in [0.29, 0.717) is 29.2 Å². The fourth-order valence-electron chi connectivity index (χ4n) is 4.61. The van der Waals surface area contributed by atoms with Crippen molar-refractivity contribution in [3.63, 3.8) is 0 Å². The van der Waals surface area contributed by atoms with Gasteiger partial charge in [-0.1, -0.05) is 24.0 Å². The van der Waals surface area contributed by atoms with Crippen LogP contribution < -0.4 is 5.32 Å². The maximum atomic E-state index is 14.1. The van der Waals surface area contributed by atoms with Gasteiger partial charge in [-0.15, -0.1) is 0 Å². The van der Waals surface area contributed by atoms with Gasteiger partial charge in [0.25, 0.3) is 0 Å². The molecule has 5 atom stereocenters. The number of rotatable bonds is 3. The summed E-state index contributed by atoms with van der Waals surface area (Å²) >= 11 is 0. The highest BCUT2D eigenvalue weighted by Gasteiger charge is 2.56. The molecule has 34 heavy (non-hydrogen) atoms. The molecule has 3 aromatic rings. The smallest absolute Gasteiger partial charge is 0.167 e. The second kappa shape index (κ2) is 8.29. The first-order valence-corrected chi connectivity index (χ1v) is 11.3. The number of aromatic nitrogens is 4. The van der Waals surface area contributed by atoms with Gasteiger partial charge in [0.1, 0.15) is 30.5 Å². The Balaban J connectivity index is 1.33. The van der Waals surface area contributed by atoms with E-state index in [1.54, 1.807) is 24.5 Å². The third kappa shape index (κ3) is 3.80. The number of anilines is 1. The number of halogens is 1. The molecule has 3 aliphatic rings. The summed E-state index contributed by atoms with van der Waals surface area (Å²) < 4.78 is 39.9. The predicted molar refractivity (Wildman–Crippen MR) is 119 cm³/mol. The molecule has 176 valence electrons. The van der Waals surface area contributed by atoms with E-state index >= 15 is 0 Å². The van der Waals surface area contributed by atoms with Crippen LogP contribution in [0.15, 0.2) is 36.9 Å². The zero-order valence-electron chi connectivity index (χ0n) is 18.8. The van der Waals surface area contributed by atoms with Crippen molar-refractivity contribution in [2.45, 2.75) is 56.6 Å². The van der Waals surface area contributed by atoms with E-state index in [1.165, 1.54) is 12.4 Å². The summed E-state index contributed by atoms with van der Waals surface area (Å²) in [6.45, 7) is 5.05. The van der Waals surface area contributed by atoms with Gasteiger partial charge in [-0.2, -0.15) is 0 Å². The minimum Gasteiger partial charge on any atom is -0.379 e. The highest BCUT2D eigenvalue weighted by Crippen LogP contribution is 2.43. The van der Waals surface area contributed by atoms with Gasteiger partial charge < -0.3 is 24.3 Å². The predicted octanol–water partition coefficient (Wildman–Crippen LogP) is 2.64. The Bertz CT molecular complexity index is 1280. The van der Waals surface area contributed by atoms with Crippen LogP contribution in [-0.2, 0) is 18.9 Å². The topological polar surface area (TPSA) is 92.6 Å². The standard InChI is InChI=1S/C24H24FN5O4/c1-24(2)33-19-17(8-7-14-5-3-4-6-16(14)25)32-23(20(19)34-24)30-13-28-18-21(26-12-27-22(18)30)29-15-9-10-31-11-15/h3-6,12-13,15,17,19-20,23H,9-11H2,1-2H3,(H,26,27,29). The highest BCUT2D eigenvalue weighted by molar-refractivity contribution is 5.82. The van der Waals surface area contributed by atoms with E-state index in [9.17, 15) is 4.39 Å². The first-order valence-electron chi connectivity index (χ1n) is 11.3. The van der Waals surface area contributed by atoms with E-state index in [2.05, 4.69) is 32.1 Å². The van der Waals surface area contributed by atoms with E-state index in [0.717, 1.165) is 13.0 Å². The van der Waals surface area contributed by atoms with Crippen LogP contribution in [0.25, 0.3) is 11.2 Å².